The van der Waals surface area contributed by atoms with E-state index in [0.29, 0.717) is 0 Å². The van der Waals surface area contributed by atoms with Crippen LogP contribution in [0.25, 0.3) is 0 Å². The summed E-state index contributed by atoms with van der Waals surface area (Å²) in [5, 5.41) is 12.4. The fourth-order valence-corrected chi connectivity index (χ4v) is 2.93. The summed E-state index contributed by atoms with van der Waals surface area (Å²) < 4.78 is 2.29. The van der Waals surface area contributed by atoms with Crippen LogP contribution in [0.2, 0.25) is 0 Å². The highest BCUT2D eigenvalue weighted by molar-refractivity contribution is 5.23. The SMILES string of the molecule is CCCCCCc1nnc2n1CCNC2c1cccnc1. The molecule has 0 radical (unpaired) electrons. The summed E-state index contributed by atoms with van der Waals surface area (Å²) in [6, 6.07) is 4.18. The zero-order chi connectivity index (χ0) is 14.5. The molecule has 5 nitrogen and oxygen atoms in total. The summed E-state index contributed by atoms with van der Waals surface area (Å²) in [4.78, 5) is 4.21. The normalized spacial score (nSPS) is 17.7. The van der Waals surface area contributed by atoms with E-state index < -0.39 is 0 Å². The molecular weight excluding hydrogens is 262 g/mol. The van der Waals surface area contributed by atoms with E-state index in [9.17, 15) is 0 Å². The van der Waals surface area contributed by atoms with Crippen LogP contribution in [-0.2, 0) is 13.0 Å². The Morgan fingerprint density at radius 1 is 1.29 bits per heavy atom. The predicted molar refractivity (Wildman–Crippen MR) is 82.0 cm³/mol. The highest BCUT2D eigenvalue weighted by atomic mass is 15.3. The third-order valence-corrected chi connectivity index (χ3v) is 4.07. The van der Waals surface area contributed by atoms with Crippen LogP contribution in [0.1, 0.15) is 55.9 Å². The summed E-state index contributed by atoms with van der Waals surface area (Å²) >= 11 is 0. The van der Waals surface area contributed by atoms with Crippen LogP contribution >= 0.6 is 0 Å². The molecule has 0 spiro atoms. The number of hydrogen-bond donors (Lipinski definition) is 1. The first kappa shape index (κ1) is 14.2. The van der Waals surface area contributed by atoms with Gasteiger partial charge < -0.3 is 9.88 Å². The van der Waals surface area contributed by atoms with Crippen molar-refractivity contribution in [3.63, 3.8) is 0 Å². The minimum atomic E-state index is 0.115. The molecule has 5 heteroatoms. The lowest BCUT2D eigenvalue weighted by molar-refractivity contribution is 0.444. The van der Waals surface area contributed by atoms with Gasteiger partial charge in [-0.1, -0.05) is 32.3 Å². The van der Waals surface area contributed by atoms with Crippen molar-refractivity contribution < 1.29 is 0 Å². The topological polar surface area (TPSA) is 55.6 Å². The maximum absolute atomic E-state index is 4.44. The first-order valence-corrected chi connectivity index (χ1v) is 7.95. The van der Waals surface area contributed by atoms with Crippen molar-refractivity contribution in [1.82, 2.24) is 25.1 Å². The smallest absolute Gasteiger partial charge is 0.154 e. The third kappa shape index (κ3) is 3.13. The lowest BCUT2D eigenvalue weighted by atomic mass is 10.1. The van der Waals surface area contributed by atoms with Gasteiger partial charge in [-0.25, -0.2) is 0 Å². The second-order valence-electron chi connectivity index (χ2n) is 5.61. The van der Waals surface area contributed by atoms with Crippen molar-refractivity contribution in [3.05, 3.63) is 41.7 Å². The van der Waals surface area contributed by atoms with E-state index in [4.69, 9.17) is 0 Å². The lowest BCUT2D eigenvalue weighted by Gasteiger charge is -2.25. The number of fused-ring (bicyclic) bond motifs is 1. The van der Waals surface area contributed by atoms with Gasteiger partial charge in [-0.3, -0.25) is 4.98 Å². The Morgan fingerprint density at radius 3 is 3.05 bits per heavy atom. The number of nitrogens with one attached hydrogen (secondary N) is 1. The molecular formula is C16H23N5. The average molecular weight is 285 g/mol. The van der Waals surface area contributed by atoms with Crippen LogP contribution in [-0.4, -0.2) is 26.3 Å². The Hall–Kier alpha value is -1.75. The van der Waals surface area contributed by atoms with Crippen LogP contribution in [0.4, 0.5) is 0 Å². The summed E-state index contributed by atoms with van der Waals surface area (Å²) in [6.07, 6.45) is 9.80. The Labute approximate surface area is 125 Å². The van der Waals surface area contributed by atoms with E-state index in [0.717, 1.165) is 36.7 Å². The van der Waals surface area contributed by atoms with Crippen molar-refractivity contribution in [2.45, 2.75) is 51.6 Å². The molecule has 0 aromatic carbocycles. The summed E-state index contributed by atoms with van der Waals surface area (Å²) in [7, 11) is 0. The molecule has 112 valence electrons. The predicted octanol–water partition coefficient (Wildman–Crippen LogP) is 2.49. The maximum atomic E-state index is 4.44. The number of rotatable bonds is 6. The minimum Gasteiger partial charge on any atom is -0.312 e. The molecule has 1 aliphatic rings. The number of aromatic nitrogens is 4. The molecule has 0 bridgehead atoms. The molecule has 1 N–H and O–H groups in total. The molecule has 1 aliphatic heterocycles. The van der Waals surface area contributed by atoms with Gasteiger partial charge >= 0.3 is 0 Å². The zero-order valence-electron chi connectivity index (χ0n) is 12.6. The largest absolute Gasteiger partial charge is 0.312 e. The summed E-state index contributed by atoms with van der Waals surface area (Å²) in [5.74, 6) is 2.16. The first-order chi connectivity index (χ1) is 10.4. The number of pyridine rings is 1. The molecule has 1 atom stereocenters. The van der Waals surface area contributed by atoms with Crippen LogP contribution in [0.3, 0.4) is 0 Å². The lowest BCUT2D eigenvalue weighted by Crippen LogP contribution is -2.35. The third-order valence-electron chi connectivity index (χ3n) is 4.07. The molecule has 3 heterocycles. The Balaban J connectivity index is 1.76. The standard InChI is InChI=1S/C16H23N5/c1-2-3-4-5-8-14-19-20-16-15(18-10-11-21(14)16)13-7-6-9-17-12-13/h6-7,9,12,15,18H,2-5,8,10-11H2,1H3. The number of nitrogens with zero attached hydrogens (tertiary/aromatic N) is 4. The van der Waals surface area contributed by atoms with Gasteiger partial charge in [0.25, 0.3) is 0 Å². The molecule has 0 fully saturated rings. The van der Waals surface area contributed by atoms with Gasteiger partial charge in [0.15, 0.2) is 5.82 Å². The van der Waals surface area contributed by atoms with Crippen LogP contribution in [0.5, 0.6) is 0 Å². The first-order valence-electron chi connectivity index (χ1n) is 7.95. The quantitative estimate of drug-likeness (QED) is 0.829. The molecule has 0 saturated carbocycles. The molecule has 1 unspecified atom stereocenters. The molecule has 0 amide bonds. The van der Waals surface area contributed by atoms with Crippen LogP contribution in [0, 0.1) is 0 Å². The number of hydrogen-bond acceptors (Lipinski definition) is 4. The molecule has 2 aromatic rings. The van der Waals surface area contributed by atoms with Crippen molar-refractivity contribution in [2.24, 2.45) is 0 Å². The van der Waals surface area contributed by atoms with Crippen molar-refractivity contribution in [3.8, 4) is 0 Å². The van der Waals surface area contributed by atoms with Gasteiger partial charge in [-0.05, 0) is 18.1 Å². The average Bonchev–Trinajstić information content (AvgIpc) is 2.96. The van der Waals surface area contributed by atoms with E-state index >= 15 is 0 Å². The van der Waals surface area contributed by atoms with Gasteiger partial charge in [0, 0.05) is 31.9 Å². The van der Waals surface area contributed by atoms with Crippen molar-refractivity contribution >= 4 is 0 Å². The van der Waals surface area contributed by atoms with Crippen molar-refractivity contribution in [2.75, 3.05) is 6.54 Å². The van der Waals surface area contributed by atoms with E-state index in [-0.39, 0.29) is 6.04 Å². The molecule has 21 heavy (non-hydrogen) atoms. The van der Waals surface area contributed by atoms with Crippen molar-refractivity contribution in [1.29, 1.82) is 0 Å². The van der Waals surface area contributed by atoms with Gasteiger partial charge in [-0.15, -0.1) is 10.2 Å². The highest BCUT2D eigenvalue weighted by Gasteiger charge is 2.25. The van der Waals surface area contributed by atoms with Crippen LogP contribution in [0.15, 0.2) is 24.5 Å². The summed E-state index contributed by atoms with van der Waals surface area (Å²) in [5.41, 5.74) is 1.16. The summed E-state index contributed by atoms with van der Waals surface area (Å²) in [6.45, 7) is 4.15. The van der Waals surface area contributed by atoms with E-state index in [1.807, 2.05) is 12.3 Å². The minimum absolute atomic E-state index is 0.115. The van der Waals surface area contributed by atoms with Gasteiger partial charge in [-0.2, -0.15) is 0 Å². The zero-order valence-corrected chi connectivity index (χ0v) is 12.6. The monoisotopic (exact) mass is 285 g/mol. The van der Waals surface area contributed by atoms with E-state index in [2.05, 4.69) is 38.1 Å². The van der Waals surface area contributed by atoms with E-state index in [1.165, 1.54) is 25.7 Å². The maximum Gasteiger partial charge on any atom is 0.154 e. The second kappa shape index (κ2) is 6.80. The number of unbranched alkanes of at least 4 members (excludes halogenated alkanes) is 3. The second-order valence-corrected chi connectivity index (χ2v) is 5.61. The van der Waals surface area contributed by atoms with Gasteiger partial charge in [0.1, 0.15) is 5.82 Å². The van der Waals surface area contributed by atoms with Gasteiger partial charge in [0.2, 0.25) is 0 Å². The van der Waals surface area contributed by atoms with Gasteiger partial charge in [0.05, 0.1) is 6.04 Å². The Bertz CT molecular complexity index is 563. The van der Waals surface area contributed by atoms with Crippen LogP contribution < -0.4 is 5.32 Å². The molecule has 0 aliphatic carbocycles. The molecule has 3 rings (SSSR count). The fraction of sp³-hybridized carbons (Fsp3) is 0.562. The Kier molecular flexibility index (Phi) is 4.60. The van der Waals surface area contributed by atoms with E-state index in [1.54, 1.807) is 6.20 Å². The number of aryl methyl sites for hydroxylation is 1. The molecule has 2 aromatic heterocycles. The Morgan fingerprint density at radius 2 is 2.24 bits per heavy atom. The highest BCUT2D eigenvalue weighted by Crippen LogP contribution is 2.23. The fourth-order valence-electron chi connectivity index (χ4n) is 2.93. The molecule has 0 saturated heterocycles.